The minimum atomic E-state index is -0.229. The molecule has 0 saturated carbocycles. The molecule has 21 heavy (non-hydrogen) atoms. The second-order valence-corrected chi connectivity index (χ2v) is 5.98. The van der Waals surface area contributed by atoms with Crippen LogP contribution in [0.5, 0.6) is 0 Å². The largest absolute Gasteiger partial charge is 0.368 e. The van der Waals surface area contributed by atoms with E-state index in [2.05, 4.69) is 26.9 Å². The second kappa shape index (κ2) is 6.26. The molecule has 0 N–H and O–H groups in total. The van der Waals surface area contributed by atoms with Crippen LogP contribution in [0.4, 0.5) is 10.1 Å². The number of hydrogen-bond donors (Lipinski definition) is 0. The summed E-state index contributed by atoms with van der Waals surface area (Å²) in [6.07, 6.45) is 1.61. The molecule has 5 nitrogen and oxygen atoms in total. The van der Waals surface area contributed by atoms with E-state index in [0.717, 1.165) is 30.3 Å². The first-order chi connectivity index (χ1) is 10.3. The topological polar surface area (TPSA) is 46.3 Å². The van der Waals surface area contributed by atoms with Gasteiger partial charge in [0.25, 0.3) is 0 Å². The first-order valence-corrected chi connectivity index (χ1v) is 7.90. The zero-order chi connectivity index (χ0) is 14.7. The lowest BCUT2D eigenvalue weighted by Crippen LogP contribution is -2.33. The molecule has 0 aliphatic carbocycles. The van der Waals surface area contributed by atoms with Crippen LogP contribution >= 0.6 is 11.8 Å². The minimum Gasteiger partial charge on any atom is -0.368 e. The zero-order valence-corrected chi connectivity index (χ0v) is 12.4. The van der Waals surface area contributed by atoms with Crippen molar-refractivity contribution >= 4 is 24.2 Å². The number of thioether (sulfide) groups is 1. The highest BCUT2D eigenvalue weighted by molar-refractivity contribution is 7.99. The van der Waals surface area contributed by atoms with Gasteiger partial charge in [-0.3, -0.25) is 4.99 Å². The monoisotopic (exact) mass is 305 g/mol. The Morgan fingerprint density at radius 1 is 1.33 bits per heavy atom. The molecular weight excluding hydrogens is 289 g/mol. The van der Waals surface area contributed by atoms with Crippen LogP contribution in [0.25, 0.3) is 5.69 Å². The van der Waals surface area contributed by atoms with Crippen molar-refractivity contribution in [1.82, 2.24) is 15.0 Å². The number of aliphatic imine (C=N–C) groups is 1. The summed E-state index contributed by atoms with van der Waals surface area (Å²) in [4.78, 5) is 5.91. The van der Waals surface area contributed by atoms with E-state index in [1.165, 1.54) is 6.07 Å². The molecule has 0 unspecified atom stereocenters. The van der Waals surface area contributed by atoms with Crippen LogP contribution in [0.1, 0.15) is 5.69 Å². The molecule has 0 radical (unpaired) electrons. The first kappa shape index (κ1) is 14.1. The van der Waals surface area contributed by atoms with Gasteiger partial charge < -0.3 is 4.90 Å². The molecular formula is C14H16FN5S. The molecule has 2 heterocycles. The predicted molar refractivity (Wildman–Crippen MR) is 84.1 cm³/mol. The molecule has 0 atom stereocenters. The smallest absolute Gasteiger partial charge is 0.148 e. The fourth-order valence-corrected chi connectivity index (χ4v) is 3.29. The van der Waals surface area contributed by atoms with E-state index in [-0.39, 0.29) is 5.82 Å². The fraction of sp³-hybridized carbons (Fsp3) is 0.357. The Morgan fingerprint density at radius 2 is 2.14 bits per heavy atom. The molecule has 0 amide bonds. The zero-order valence-electron chi connectivity index (χ0n) is 11.6. The van der Waals surface area contributed by atoms with E-state index in [0.29, 0.717) is 17.9 Å². The summed E-state index contributed by atoms with van der Waals surface area (Å²) in [5.74, 6) is 1.85. The highest BCUT2D eigenvalue weighted by atomic mass is 32.2. The number of anilines is 1. The van der Waals surface area contributed by atoms with Gasteiger partial charge in [-0.25, -0.2) is 9.07 Å². The lowest BCUT2D eigenvalue weighted by Gasteiger charge is -2.28. The van der Waals surface area contributed by atoms with E-state index in [1.54, 1.807) is 10.9 Å². The maximum absolute atomic E-state index is 14.4. The molecule has 7 heteroatoms. The highest BCUT2D eigenvalue weighted by Gasteiger charge is 2.16. The molecule has 0 bridgehead atoms. The van der Waals surface area contributed by atoms with Gasteiger partial charge in [-0.05, 0) is 18.9 Å². The van der Waals surface area contributed by atoms with E-state index >= 15 is 0 Å². The van der Waals surface area contributed by atoms with Crippen LogP contribution in [0.2, 0.25) is 0 Å². The average Bonchev–Trinajstić information content (AvgIpc) is 2.97. The van der Waals surface area contributed by atoms with Gasteiger partial charge in [0.2, 0.25) is 0 Å². The van der Waals surface area contributed by atoms with Crippen LogP contribution in [0.3, 0.4) is 0 Å². The summed E-state index contributed by atoms with van der Waals surface area (Å²) in [6, 6.07) is 5.17. The first-order valence-electron chi connectivity index (χ1n) is 6.74. The minimum absolute atomic E-state index is 0.229. The summed E-state index contributed by atoms with van der Waals surface area (Å²) in [6.45, 7) is 5.63. The van der Waals surface area contributed by atoms with Crippen LogP contribution < -0.4 is 4.90 Å². The number of aromatic nitrogens is 3. The van der Waals surface area contributed by atoms with Crippen molar-refractivity contribution in [2.24, 2.45) is 4.99 Å². The lowest BCUT2D eigenvalue weighted by atomic mass is 10.2. The van der Waals surface area contributed by atoms with Gasteiger partial charge in [0.1, 0.15) is 5.82 Å². The van der Waals surface area contributed by atoms with Crippen LogP contribution in [0, 0.1) is 5.82 Å². The van der Waals surface area contributed by atoms with Gasteiger partial charge in [-0.2, -0.15) is 11.8 Å². The third kappa shape index (κ3) is 2.92. The van der Waals surface area contributed by atoms with E-state index in [9.17, 15) is 4.39 Å². The van der Waals surface area contributed by atoms with E-state index in [1.807, 2.05) is 23.9 Å². The van der Waals surface area contributed by atoms with Gasteiger partial charge in [-0.1, -0.05) is 5.21 Å². The second-order valence-electron chi connectivity index (χ2n) is 4.75. The maximum atomic E-state index is 14.4. The molecule has 110 valence electrons. The van der Waals surface area contributed by atoms with Crippen molar-refractivity contribution in [3.05, 3.63) is 35.9 Å². The van der Waals surface area contributed by atoms with Crippen molar-refractivity contribution < 1.29 is 4.39 Å². The molecule has 0 spiro atoms. The average molecular weight is 305 g/mol. The Bertz CT molecular complexity index is 636. The summed E-state index contributed by atoms with van der Waals surface area (Å²) in [7, 11) is 0. The normalized spacial score (nSPS) is 15.2. The molecule has 2 aromatic rings. The Hall–Kier alpha value is -1.89. The van der Waals surface area contributed by atoms with E-state index in [4.69, 9.17) is 0 Å². The predicted octanol–water partition coefficient (Wildman–Crippen LogP) is 2.16. The van der Waals surface area contributed by atoms with Crippen molar-refractivity contribution in [3.8, 4) is 5.69 Å². The number of benzene rings is 1. The Morgan fingerprint density at radius 3 is 2.86 bits per heavy atom. The fourth-order valence-electron chi connectivity index (χ4n) is 2.38. The molecule has 3 rings (SSSR count). The highest BCUT2D eigenvalue weighted by Crippen LogP contribution is 2.25. The van der Waals surface area contributed by atoms with Crippen molar-refractivity contribution in [3.63, 3.8) is 0 Å². The van der Waals surface area contributed by atoms with Gasteiger partial charge in [0.05, 0.1) is 29.8 Å². The van der Waals surface area contributed by atoms with Crippen LogP contribution in [-0.2, 0) is 6.54 Å². The van der Waals surface area contributed by atoms with Gasteiger partial charge in [-0.15, -0.1) is 5.10 Å². The molecule has 1 fully saturated rings. The molecule has 1 saturated heterocycles. The quantitative estimate of drug-likeness (QED) is 0.812. The number of rotatable bonds is 4. The Labute approximate surface area is 126 Å². The Kier molecular flexibility index (Phi) is 4.19. The molecule has 1 aliphatic heterocycles. The maximum Gasteiger partial charge on any atom is 0.148 e. The van der Waals surface area contributed by atoms with Crippen LogP contribution in [-0.4, -0.2) is 46.3 Å². The van der Waals surface area contributed by atoms with Crippen molar-refractivity contribution in [2.75, 3.05) is 29.5 Å². The molecule has 1 aliphatic rings. The SMILES string of the molecule is C=NCc1cnnn1-c1ccc(N2CCSCC2)c(F)c1. The number of hydrogen-bond acceptors (Lipinski definition) is 5. The molecule has 1 aromatic carbocycles. The Balaban J connectivity index is 1.89. The van der Waals surface area contributed by atoms with Crippen molar-refractivity contribution in [2.45, 2.75) is 6.54 Å². The lowest BCUT2D eigenvalue weighted by molar-refractivity contribution is 0.616. The number of halogens is 1. The van der Waals surface area contributed by atoms with Crippen LogP contribution in [0.15, 0.2) is 29.4 Å². The van der Waals surface area contributed by atoms with Gasteiger partial charge >= 0.3 is 0 Å². The molecule has 1 aromatic heterocycles. The third-order valence-electron chi connectivity index (χ3n) is 3.42. The third-order valence-corrected chi connectivity index (χ3v) is 4.36. The van der Waals surface area contributed by atoms with Gasteiger partial charge in [0, 0.05) is 30.7 Å². The standard InChI is InChI=1S/C14H16FN5S/c1-16-9-12-10-17-18-20(12)11-2-3-14(13(15)8-11)19-4-6-21-7-5-19/h2-3,8,10H,1,4-7,9H2. The van der Waals surface area contributed by atoms with E-state index < -0.39 is 0 Å². The number of nitrogens with zero attached hydrogens (tertiary/aromatic N) is 5. The van der Waals surface area contributed by atoms with Gasteiger partial charge in [0.15, 0.2) is 0 Å². The van der Waals surface area contributed by atoms with Crippen molar-refractivity contribution in [1.29, 1.82) is 0 Å². The summed E-state index contributed by atoms with van der Waals surface area (Å²) >= 11 is 1.90. The summed E-state index contributed by atoms with van der Waals surface area (Å²) < 4.78 is 16.0. The summed E-state index contributed by atoms with van der Waals surface area (Å²) in [5, 5.41) is 7.83. The summed E-state index contributed by atoms with van der Waals surface area (Å²) in [5.41, 5.74) is 2.09.